The van der Waals surface area contributed by atoms with Gasteiger partial charge in [0.15, 0.2) is 0 Å². The Morgan fingerprint density at radius 1 is 1.18 bits per heavy atom. The molecule has 3 nitrogen and oxygen atoms in total. The van der Waals surface area contributed by atoms with Gasteiger partial charge < -0.3 is 0 Å². The smallest absolute Gasteiger partial charge is 0.293 e. The van der Waals surface area contributed by atoms with Gasteiger partial charge in [0.05, 0.1) is 12.2 Å². The lowest BCUT2D eigenvalue weighted by atomic mass is 9.99. The van der Waals surface area contributed by atoms with E-state index in [9.17, 15) is 4.79 Å². The summed E-state index contributed by atoms with van der Waals surface area (Å²) in [5, 5.41) is 1.31. The van der Waals surface area contributed by atoms with Gasteiger partial charge in [-0.1, -0.05) is 69.7 Å². The van der Waals surface area contributed by atoms with Crippen LogP contribution in [0.25, 0.3) is 0 Å². The van der Waals surface area contributed by atoms with E-state index in [1.807, 2.05) is 45.0 Å². The van der Waals surface area contributed by atoms with E-state index in [-0.39, 0.29) is 5.41 Å². The summed E-state index contributed by atoms with van der Waals surface area (Å²) in [6.45, 7) is 14.9. The van der Waals surface area contributed by atoms with Crippen molar-refractivity contribution in [3.05, 3.63) is 42.1 Å². The molecule has 1 rings (SSSR count). The van der Waals surface area contributed by atoms with Crippen LogP contribution in [0, 0.1) is 5.41 Å². The first-order valence-electron chi connectivity index (χ1n) is 7.86. The van der Waals surface area contributed by atoms with Crippen molar-refractivity contribution in [1.82, 2.24) is 0 Å². The number of carbonyl (C=O) groups is 1. The summed E-state index contributed by atoms with van der Waals surface area (Å²) in [5.74, 6) is -0.449. The quantitative estimate of drug-likeness (QED) is 0.428. The van der Waals surface area contributed by atoms with Crippen LogP contribution in [0.5, 0.6) is 0 Å². The minimum absolute atomic E-state index is 0.0401. The van der Waals surface area contributed by atoms with Crippen molar-refractivity contribution in [1.29, 1.82) is 0 Å². The predicted molar refractivity (Wildman–Crippen MR) is 93.8 cm³/mol. The van der Waals surface area contributed by atoms with Crippen molar-refractivity contribution in [3.63, 3.8) is 0 Å². The molecule has 0 aliphatic rings. The minimum atomic E-state index is -1.62. The third-order valence-electron chi connectivity index (χ3n) is 3.97. The SMILES string of the molecule is C=C[Si](CC)(CC)c1ccc(C(=O)OOCC(C)(C)C)cc1. The highest BCUT2D eigenvalue weighted by atomic mass is 28.3. The van der Waals surface area contributed by atoms with Gasteiger partial charge in [-0.25, -0.2) is 4.79 Å². The molecule has 0 saturated carbocycles. The topological polar surface area (TPSA) is 35.5 Å². The van der Waals surface area contributed by atoms with E-state index in [2.05, 4.69) is 26.1 Å². The van der Waals surface area contributed by atoms with Crippen molar-refractivity contribution >= 4 is 19.2 Å². The molecule has 0 bridgehead atoms. The Balaban J connectivity index is 2.76. The Morgan fingerprint density at radius 2 is 1.73 bits per heavy atom. The lowest BCUT2D eigenvalue weighted by Crippen LogP contribution is -2.44. The molecular weight excluding hydrogens is 292 g/mol. The Labute approximate surface area is 135 Å². The second-order valence-electron chi connectivity index (χ2n) is 6.84. The van der Waals surface area contributed by atoms with Crippen LogP contribution < -0.4 is 5.19 Å². The van der Waals surface area contributed by atoms with Crippen LogP contribution >= 0.6 is 0 Å². The molecule has 0 atom stereocenters. The van der Waals surface area contributed by atoms with Crippen LogP contribution in [0.2, 0.25) is 12.1 Å². The van der Waals surface area contributed by atoms with Gasteiger partial charge in [-0.2, -0.15) is 4.89 Å². The molecule has 0 saturated heterocycles. The first-order valence-corrected chi connectivity index (χ1v) is 10.3. The molecule has 0 fully saturated rings. The summed E-state index contributed by atoms with van der Waals surface area (Å²) >= 11 is 0. The van der Waals surface area contributed by atoms with Crippen LogP contribution in [0.15, 0.2) is 36.5 Å². The molecule has 0 N–H and O–H groups in total. The molecule has 122 valence electrons. The van der Waals surface area contributed by atoms with E-state index < -0.39 is 14.0 Å². The average molecular weight is 321 g/mol. The van der Waals surface area contributed by atoms with E-state index in [0.717, 1.165) is 12.1 Å². The Hall–Kier alpha value is -1.39. The molecule has 0 unspecified atom stereocenters. The normalized spacial score (nSPS) is 12.0. The van der Waals surface area contributed by atoms with Crippen molar-refractivity contribution in [2.45, 2.75) is 46.7 Å². The number of benzene rings is 1. The van der Waals surface area contributed by atoms with Gasteiger partial charge in [0.2, 0.25) is 0 Å². The van der Waals surface area contributed by atoms with Crippen molar-refractivity contribution in [3.8, 4) is 0 Å². The highest BCUT2D eigenvalue weighted by Crippen LogP contribution is 2.17. The van der Waals surface area contributed by atoms with Gasteiger partial charge in [0, 0.05) is 0 Å². The van der Waals surface area contributed by atoms with Gasteiger partial charge in [-0.3, -0.25) is 4.89 Å². The maximum Gasteiger partial charge on any atom is 0.373 e. The summed E-state index contributed by atoms with van der Waals surface area (Å²) in [6.07, 6.45) is 0. The molecule has 1 aromatic rings. The lowest BCUT2D eigenvalue weighted by molar-refractivity contribution is -0.255. The van der Waals surface area contributed by atoms with Gasteiger partial charge >= 0.3 is 5.97 Å². The zero-order chi connectivity index (χ0) is 16.8. The van der Waals surface area contributed by atoms with Gasteiger partial charge in [-0.15, -0.1) is 6.58 Å². The van der Waals surface area contributed by atoms with Gasteiger partial charge in [0.1, 0.15) is 8.07 Å². The molecule has 4 heteroatoms. The molecule has 0 heterocycles. The van der Waals surface area contributed by atoms with Crippen molar-refractivity contribution in [2.24, 2.45) is 5.41 Å². The minimum Gasteiger partial charge on any atom is -0.293 e. The Bertz CT molecular complexity index is 496. The summed E-state index contributed by atoms with van der Waals surface area (Å²) < 4.78 is 0. The molecule has 22 heavy (non-hydrogen) atoms. The highest BCUT2D eigenvalue weighted by Gasteiger charge is 2.27. The van der Waals surface area contributed by atoms with Gasteiger partial charge in [0.25, 0.3) is 0 Å². The molecule has 0 amide bonds. The third-order valence-corrected chi connectivity index (χ3v) is 8.76. The summed E-state index contributed by atoms with van der Waals surface area (Å²) in [5.41, 5.74) is 2.60. The largest absolute Gasteiger partial charge is 0.373 e. The monoisotopic (exact) mass is 320 g/mol. The first-order chi connectivity index (χ1) is 10.3. The van der Waals surface area contributed by atoms with E-state index in [4.69, 9.17) is 9.78 Å². The maximum atomic E-state index is 11.9. The zero-order valence-electron chi connectivity index (χ0n) is 14.4. The fraction of sp³-hybridized carbons (Fsp3) is 0.500. The van der Waals surface area contributed by atoms with Crippen LogP contribution in [0.3, 0.4) is 0 Å². The van der Waals surface area contributed by atoms with Crippen LogP contribution in [0.4, 0.5) is 0 Å². The molecule has 0 spiro atoms. The van der Waals surface area contributed by atoms with Gasteiger partial charge in [-0.05, 0) is 17.5 Å². The number of carbonyl (C=O) groups excluding carboxylic acids is 1. The molecule has 0 radical (unpaired) electrons. The lowest BCUT2D eigenvalue weighted by Gasteiger charge is -2.25. The number of hydrogen-bond donors (Lipinski definition) is 0. The highest BCUT2D eigenvalue weighted by molar-refractivity contribution is 6.95. The molecule has 0 aliphatic carbocycles. The number of rotatable bonds is 7. The summed E-state index contributed by atoms with van der Waals surface area (Å²) in [4.78, 5) is 21.8. The van der Waals surface area contributed by atoms with E-state index in [0.29, 0.717) is 12.2 Å². The Kier molecular flexibility index (Phi) is 6.57. The first kappa shape index (κ1) is 18.7. The zero-order valence-corrected chi connectivity index (χ0v) is 15.4. The average Bonchev–Trinajstić information content (AvgIpc) is 2.49. The second kappa shape index (κ2) is 7.74. The van der Waals surface area contributed by atoms with Crippen LogP contribution in [-0.4, -0.2) is 20.7 Å². The fourth-order valence-corrected chi connectivity index (χ4v) is 5.27. The van der Waals surface area contributed by atoms with Crippen molar-refractivity contribution < 1.29 is 14.6 Å². The van der Waals surface area contributed by atoms with E-state index in [1.54, 1.807) is 0 Å². The van der Waals surface area contributed by atoms with E-state index >= 15 is 0 Å². The Morgan fingerprint density at radius 3 is 2.14 bits per heavy atom. The maximum absolute atomic E-state index is 11.9. The molecule has 0 aliphatic heterocycles. The number of hydrogen-bond acceptors (Lipinski definition) is 3. The second-order valence-corrected chi connectivity index (χ2v) is 11.6. The molecule has 0 aromatic heterocycles. The van der Waals surface area contributed by atoms with Crippen LogP contribution in [-0.2, 0) is 9.78 Å². The molecular formula is C18H28O3Si. The summed E-state index contributed by atoms with van der Waals surface area (Å²) in [6, 6.07) is 9.92. The van der Waals surface area contributed by atoms with E-state index in [1.165, 1.54) is 5.19 Å². The molecule has 1 aromatic carbocycles. The summed E-state index contributed by atoms with van der Waals surface area (Å²) in [7, 11) is -1.62. The fourth-order valence-electron chi connectivity index (χ4n) is 2.31. The standard InChI is InChI=1S/C18H28O3Si/c1-7-22(8-2,9-3)16-12-10-15(11-13-16)17(19)21-20-14-18(4,5)6/h7,10-13H,1,8-9,14H2,2-6H3. The third kappa shape index (κ3) is 4.82. The van der Waals surface area contributed by atoms with Crippen LogP contribution in [0.1, 0.15) is 45.0 Å². The van der Waals surface area contributed by atoms with Crippen molar-refractivity contribution in [2.75, 3.05) is 6.61 Å². The predicted octanol–water partition coefficient (Wildman–Crippen LogP) is 4.24.